The molecule has 5 aliphatic rings. The molecule has 176 valence electrons. The molecule has 0 spiro atoms. The maximum atomic E-state index is 5.50. The predicted octanol–water partition coefficient (Wildman–Crippen LogP) is 3.83. The third-order valence-corrected chi connectivity index (χ3v) is 9.09. The monoisotopic (exact) mass is 437 g/mol. The topological polar surface area (TPSA) is 61.0 Å². The molecule has 0 radical (unpaired) electrons. The first-order valence-electron chi connectivity index (χ1n) is 13.9. The Balaban J connectivity index is 1.35. The molecule has 0 amide bonds. The van der Waals surface area contributed by atoms with Crippen LogP contribution in [0.4, 0.5) is 0 Å². The molecule has 0 aromatic carbocycles. The summed E-state index contributed by atoms with van der Waals surface area (Å²) in [6, 6.07) is 5.80. The SMILES string of the molecule is c1c2c3nc4c1CCCC4N[C@@H]1CCCC[C@H]1NCCN[C@@H]1CCCC[C@H]1NC3CCC2. The summed E-state index contributed by atoms with van der Waals surface area (Å²) in [5.74, 6) is 0. The van der Waals surface area contributed by atoms with Crippen molar-refractivity contribution in [1.29, 1.82) is 0 Å². The Bertz CT molecular complexity index is 733. The predicted molar refractivity (Wildman–Crippen MR) is 130 cm³/mol. The van der Waals surface area contributed by atoms with Crippen LogP contribution in [0.1, 0.15) is 112 Å². The highest BCUT2D eigenvalue weighted by atomic mass is 15.1. The first-order chi connectivity index (χ1) is 15.8. The normalized spacial score (nSPS) is 38.0. The Morgan fingerprint density at radius 1 is 0.562 bits per heavy atom. The Kier molecular flexibility index (Phi) is 6.52. The Hall–Kier alpha value is -1.01. The van der Waals surface area contributed by atoms with Crippen LogP contribution in [-0.4, -0.2) is 42.2 Å². The second kappa shape index (κ2) is 9.69. The largest absolute Gasteiger partial charge is 0.311 e. The van der Waals surface area contributed by atoms with Crippen LogP contribution in [0.15, 0.2) is 6.07 Å². The van der Waals surface area contributed by atoms with E-state index in [1.807, 2.05) is 0 Å². The molecule has 5 heteroatoms. The van der Waals surface area contributed by atoms with Crippen LogP contribution in [0.2, 0.25) is 0 Å². The lowest BCUT2D eigenvalue weighted by Gasteiger charge is -2.38. The van der Waals surface area contributed by atoms with Gasteiger partial charge in [-0.05, 0) is 75.3 Å². The van der Waals surface area contributed by atoms with Gasteiger partial charge in [-0.15, -0.1) is 0 Å². The van der Waals surface area contributed by atoms with Crippen molar-refractivity contribution < 1.29 is 0 Å². The molecule has 0 saturated heterocycles. The van der Waals surface area contributed by atoms with Crippen LogP contribution in [0.3, 0.4) is 0 Å². The minimum atomic E-state index is 0.435. The van der Waals surface area contributed by atoms with Gasteiger partial charge in [-0.2, -0.15) is 0 Å². The van der Waals surface area contributed by atoms with Gasteiger partial charge in [0.25, 0.3) is 0 Å². The molecule has 6 rings (SSSR count). The molecule has 2 saturated carbocycles. The quantitative estimate of drug-likeness (QED) is 0.497. The lowest BCUT2D eigenvalue weighted by Crippen LogP contribution is -2.54. The minimum absolute atomic E-state index is 0.435. The van der Waals surface area contributed by atoms with Crippen molar-refractivity contribution in [3.8, 4) is 0 Å². The number of aromatic nitrogens is 1. The Morgan fingerprint density at radius 3 is 1.53 bits per heavy atom. The van der Waals surface area contributed by atoms with Crippen LogP contribution in [0.5, 0.6) is 0 Å². The smallest absolute Gasteiger partial charge is 0.0609 e. The Labute approximate surface area is 194 Å². The average molecular weight is 438 g/mol. The van der Waals surface area contributed by atoms with Gasteiger partial charge in [-0.3, -0.25) is 4.98 Å². The van der Waals surface area contributed by atoms with Crippen molar-refractivity contribution in [2.24, 2.45) is 0 Å². The van der Waals surface area contributed by atoms with Gasteiger partial charge in [0, 0.05) is 37.3 Å². The van der Waals surface area contributed by atoms with Crippen LogP contribution in [-0.2, 0) is 12.8 Å². The van der Waals surface area contributed by atoms with E-state index >= 15 is 0 Å². The number of hydrogen-bond acceptors (Lipinski definition) is 5. The molecular formula is C27H43N5. The van der Waals surface area contributed by atoms with Gasteiger partial charge in [0.2, 0.25) is 0 Å². The number of hydrogen-bond donors (Lipinski definition) is 4. The lowest BCUT2D eigenvalue weighted by atomic mass is 9.83. The summed E-state index contributed by atoms with van der Waals surface area (Å²) in [5, 5.41) is 16.1. The van der Waals surface area contributed by atoms with Crippen LogP contribution in [0, 0.1) is 0 Å². The van der Waals surface area contributed by atoms with Gasteiger partial charge in [0.05, 0.1) is 23.5 Å². The Morgan fingerprint density at radius 2 is 1.03 bits per heavy atom. The molecule has 4 aliphatic carbocycles. The molecule has 2 fully saturated rings. The van der Waals surface area contributed by atoms with Gasteiger partial charge in [0.1, 0.15) is 0 Å². The molecule has 5 nitrogen and oxygen atoms in total. The fraction of sp³-hybridized carbons (Fsp3) is 0.815. The van der Waals surface area contributed by atoms with E-state index in [1.165, 1.54) is 112 Å². The summed E-state index contributed by atoms with van der Waals surface area (Å²) in [7, 11) is 0. The molecule has 1 aromatic rings. The van der Waals surface area contributed by atoms with E-state index in [1.54, 1.807) is 0 Å². The molecule has 1 aromatic heterocycles. The van der Waals surface area contributed by atoms with Crippen LogP contribution in [0.25, 0.3) is 0 Å². The van der Waals surface area contributed by atoms with E-state index in [0.29, 0.717) is 36.3 Å². The van der Waals surface area contributed by atoms with E-state index < -0.39 is 0 Å². The van der Waals surface area contributed by atoms with Crippen molar-refractivity contribution in [2.75, 3.05) is 13.1 Å². The highest BCUT2D eigenvalue weighted by Gasteiger charge is 2.34. The maximum Gasteiger partial charge on any atom is 0.0609 e. The van der Waals surface area contributed by atoms with Gasteiger partial charge >= 0.3 is 0 Å². The van der Waals surface area contributed by atoms with Gasteiger partial charge in [-0.1, -0.05) is 31.7 Å². The zero-order valence-electron chi connectivity index (χ0n) is 19.8. The number of rotatable bonds is 0. The van der Waals surface area contributed by atoms with E-state index in [0.717, 1.165) is 13.1 Å². The maximum absolute atomic E-state index is 5.50. The van der Waals surface area contributed by atoms with Crippen molar-refractivity contribution in [3.05, 3.63) is 28.6 Å². The first-order valence-corrected chi connectivity index (χ1v) is 13.9. The van der Waals surface area contributed by atoms with Crippen molar-refractivity contribution in [1.82, 2.24) is 26.3 Å². The minimum Gasteiger partial charge on any atom is -0.311 e. The third kappa shape index (κ3) is 4.38. The zero-order valence-corrected chi connectivity index (χ0v) is 19.8. The number of aryl methyl sites for hydroxylation is 2. The summed E-state index contributed by atoms with van der Waals surface area (Å²) < 4.78 is 0. The number of nitrogens with one attached hydrogen (secondary N) is 4. The highest BCUT2D eigenvalue weighted by molar-refractivity contribution is 5.37. The number of pyridine rings is 1. The van der Waals surface area contributed by atoms with E-state index in [2.05, 4.69) is 27.3 Å². The fourth-order valence-electron chi connectivity index (χ4n) is 7.41. The second-order valence-corrected chi connectivity index (χ2v) is 11.2. The van der Waals surface area contributed by atoms with E-state index in [4.69, 9.17) is 4.98 Å². The molecule has 1 aliphatic heterocycles. The fourth-order valence-corrected chi connectivity index (χ4v) is 7.41. The number of fused-ring (bicyclic) bond motifs is 2. The molecule has 32 heavy (non-hydrogen) atoms. The lowest BCUT2D eigenvalue weighted by molar-refractivity contribution is 0.243. The van der Waals surface area contributed by atoms with Gasteiger partial charge in [-0.25, -0.2) is 0 Å². The zero-order chi connectivity index (χ0) is 21.3. The molecule has 2 heterocycles. The molecular weight excluding hydrogens is 394 g/mol. The molecule has 2 unspecified atom stereocenters. The summed E-state index contributed by atoms with van der Waals surface area (Å²) >= 11 is 0. The van der Waals surface area contributed by atoms with E-state index in [9.17, 15) is 0 Å². The van der Waals surface area contributed by atoms with Crippen molar-refractivity contribution >= 4 is 0 Å². The summed E-state index contributed by atoms with van der Waals surface area (Å²) in [6.07, 6.45) is 18.2. The first kappa shape index (κ1) is 21.5. The van der Waals surface area contributed by atoms with Gasteiger partial charge in [0.15, 0.2) is 0 Å². The second-order valence-electron chi connectivity index (χ2n) is 11.2. The van der Waals surface area contributed by atoms with Gasteiger partial charge < -0.3 is 21.3 Å². The molecule has 6 atom stereocenters. The van der Waals surface area contributed by atoms with E-state index in [-0.39, 0.29) is 0 Å². The van der Waals surface area contributed by atoms with Crippen LogP contribution >= 0.6 is 0 Å². The number of nitrogens with zero attached hydrogens (tertiary/aromatic N) is 1. The molecule has 4 N–H and O–H groups in total. The average Bonchev–Trinajstić information content (AvgIpc) is 2.83. The van der Waals surface area contributed by atoms with Crippen molar-refractivity contribution in [2.45, 2.75) is 126 Å². The van der Waals surface area contributed by atoms with Crippen LogP contribution < -0.4 is 21.3 Å². The summed E-state index contributed by atoms with van der Waals surface area (Å²) in [4.78, 5) is 5.50. The standard InChI is InChI=1S/C27H43N5/c1-3-11-22-20(9-1)28-15-16-29-21-10-2-4-12-23(21)31-25-14-6-8-19-17-18-7-5-13-24(30-22)26(18)32-27(19)25/h17,20-25,28-31H,1-16H2/t20-,21-,22-,23-,24?,25?/m1/s1. The summed E-state index contributed by atoms with van der Waals surface area (Å²) in [6.45, 7) is 2.17. The highest BCUT2D eigenvalue weighted by Crippen LogP contribution is 2.37. The summed E-state index contributed by atoms with van der Waals surface area (Å²) in [5.41, 5.74) is 5.85. The van der Waals surface area contributed by atoms with Crippen molar-refractivity contribution in [3.63, 3.8) is 0 Å². The molecule has 2 bridgehead atoms. The third-order valence-electron chi connectivity index (χ3n) is 9.09.